The third kappa shape index (κ3) is 47.2. The molecule has 0 amide bonds. The van der Waals surface area contributed by atoms with Gasteiger partial charge < -0.3 is 23.8 Å². The van der Waals surface area contributed by atoms with Crippen molar-refractivity contribution in [1.82, 2.24) is 0 Å². The van der Waals surface area contributed by atoms with Gasteiger partial charge in [-0.25, -0.2) is 4.79 Å². The number of rotatable bonds is 53. The first-order chi connectivity index (χ1) is 31.6. The summed E-state index contributed by atoms with van der Waals surface area (Å²) in [5.41, 5.74) is 0. The molecule has 386 valence electrons. The van der Waals surface area contributed by atoms with Crippen LogP contribution in [0.3, 0.4) is 0 Å². The van der Waals surface area contributed by atoms with E-state index in [1.165, 1.54) is 225 Å². The lowest BCUT2D eigenvalue weighted by molar-refractivity contribution is -0.887. The summed E-state index contributed by atoms with van der Waals surface area (Å²) in [7, 11) is 5.56. The van der Waals surface area contributed by atoms with Gasteiger partial charge in [-0.2, -0.15) is 0 Å². The quantitative estimate of drug-likeness (QED) is 0.0368. The Bertz CT molecular complexity index is 1030. The van der Waals surface area contributed by atoms with Gasteiger partial charge in [0.25, 0.3) is 0 Å². The summed E-state index contributed by atoms with van der Waals surface area (Å²) in [4.78, 5) is 37.2. The van der Waals surface area contributed by atoms with Crippen LogP contribution in [0, 0.1) is 0 Å². The van der Waals surface area contributed by atoms with Gasteiger partial charge >= 0.3 is 17.9 Å². The molecule has 0 aromatic heterocycles. The number of esters is 2. The summed E-state index contributed by atoms with van der Waals surface area (Å²) in [6.07, 6.45) is 54.5. The average Bonchev–Trinajstić information content (AvgIpc) is 3.27. The molecule has 65 heavy (non-hydrogen) atoms. The number of carbonyl (C=O) groups is 3. The fourth-order valence-electron chi connectivity index (χ4n) is 9.10. The normalized spacial score (nSPS) is 12.7. The van der Waals surface area contributed by atoms with E-state index in [-0.39, 0.29) is 36.2 Å². The van der Waals surface area contributed by atoms with E-state index in [0.717, 1.165) is 38.5 Å². The van der Waals surface area contributed by atoms with E-state index < -0.39 is 18.1 Å². The summed E-state index contributed by atoms with van der Waals surface area (Å²) in [5.74, 6) is -1.43. The first-order valence-corrected chi connectivity index (χ1v) is 28.6. The van der Waals surface area contributed by atoms with Gasteiger partial charge in [0, 0.05) is 19.3 Å². The van der Waals surface area contributed by atoms with Crippen LogP contribution in [0.4, 0.5) is 0 Å². The third-order valence-corrected chi connectivity index (χ3v) is 13.5. The fourth-order valence-corrected chi connectivity index (χ4v) is 9.10. The van der Waals surface area contributed by atoms with Crippen molar-refractivity contribution < 1.29 is 38.2 Å². The lowest BCUT2D eigenvalue weighted by Gasteiger charge is -2.31. The van der Waals surface area contributed by atoms with Crippen LogP contribution in [0.2, 0.25) is 0 Å². The Balaban J connectivity index is 4.10. The Morgan fingerprint density at radius 2 is 0.677 bits per heavy atom. The number of carbonyl (C=O) groups excluding carboxylic acids is 2. The molecular weight excluding hydrogens is 811 g/mol. The molecule has 2 atom stereocenters. The van der Waals surface area contributed by atoms with E-state index in [1.54, 1.807) is 0 Å². The number of quaternary nitrogens is 1. The van der Waals surface area contributed by atoms with Crippen LogP contribution in [0.5, 0.6) is 0 Å². The number of carboxylic acid groups (broad SMARTS) is 1. The van der Waals surface area contributed by atoms with Crippen LogP contribution in [0.25, 0.3) is 0 Å². The minimum atomic E-state index is -0.868. The van der Waals surface area contributed by atoms with Gasteiger partial charge in [0.1, 0.15) is 6.61 Å². The summed E-state index contributed by atoms with van der Waals surface area (Å²) in [6, 6.07) is -0.609. The molecule has 8 heteroatoms. The largest absolute Gasteiger partial charge is 0.477 e. The van der Waals surface area contributed by atoms with Crippen molar-refractivity contribution >= 4 is 17.9 Å². The van der Waals surface area contributed by atoms with Crippen molar-refractivity contribution in [3.63, 3.8) is 0 Å². The van der Waals surface area contributed by atoms with Crippen molar-refractivity contribution in [1.29, 1.82) is 0 Å². The van der Waals surface area contributed by atoms with E-state index in [4.69, 9.17) is 14.2 Å². The molecule has 0 bridgehead atoms. The van der Waals surface area contributed by atoms with Crippen LogP contribution in [0.1, 0.15) is 296 Å². The molecule has 0 aliphatic carbocycles. The maximum atomic E-state index is 12.8. The molecule has 0 saturated carbocycles. The third-order valence-electron chi connectivity index (χ3n) is 13.5. The maximum Gasteiger partial charge on any atom is 0.362 e. The lowest BCUT2D eigenvalue weighted by atomic mass is 10.0. The number of aliphatic carboxylic acids is 1. The zero-order valence-electron chi connectivity index (χ0n) is 44.2. The van der Waals surface area contributed by atoms with E-state index in [2.05, 4.69) is 13.8 Å². The van der Waals surface area contributed by atoms with Crippen LogP contribution in [-0.4, -0.2) is 80.6 Å². The first kappa shape index (κ1) is 63.3. The Labute approximate surface area is 404 Å². The zero-order chi connectivity index (χ0) is 47.7. The molecule has 0 heterocycles. The van der Waals surface area contributed by atoms with Crippen molar-refractivity contribution in [2.24, 2.45) is 0 Å². The Morgan fingerprint density at radius 3 is 0.954 bits per heavy atom. The summed E-state index contributed by atoms with van der Waals surface area (Å²) < 4.78 is 17.4. The van der Waals surface area contributed by atoms with E-state index in [1.807, 2.05) is 21.1 Å². The second-order valence-electron chi connectivity index (χ2n) is 20.9. The predicted octanol–water partition coefficient (Wildman–Crippen LogP) is 16.8. The Morgan fingerprint density at radius 1 is 0.400 bits per heavy atom. The SMILES string of the molecule is CCCCCCCCCCCCCCCCCCCCCCCCCCC(=O)OC(COCCC(C(=O)O)[N+](C)(C)C)COC(=O)CCCCCCCCCCCCCCCCCCC. The molecule has 8 nitrogen and oxygen atoms in total. The van der Waals surface area contributed by atoms with E-state index >= 15 is 0 Å². The van der Waals surface area contributed by atoms with Crippen molar-refractivity contribution in [3.05, 3.63) is 0 Å². The molecule has 0 fully saturated rings. The molecule has 0 radical (unpaired) electrons. The number of likely N-dealkylation sites (N-methyl/N-ethyl adjacent to an activating group) is 1. The van der Waals surface area contributed by atoms with Gasteiger partial charge in [-0.1, -0.05) is 264 Å². The molecule has 0 aliphatic rings. The second kappa shape index (κ2) is 48.8. The van der Waals surface area contributed by atoms with Gasteiger partial charge in [-0.3, -0.25) is 9.59 Å². The standard InChI is InChI=1S/C57H111NO7/c1-6-8-10-12-14-16-18-20-22-24-25-26-27-28-29-30-32-34-36-38-40-42-44-46-48-56(60)65-53(51-63-50-49-54(57(61)62)58(3,4)5)52-64-55(59)47-45-43-41-39-37-35-33-31-23-21-19-17-15-13-11-9-7-2/h53-54H,6-52H2,1-5H3/p+1. The predicted molar refractivity (Wildman–Crippen MR) is 276 cm³/mol. The molecular formula is C57H112NO7+. The van der Waals surface area contributed by atoms with Gasteiger partial charge in [-0.15, -0.1) is 0 Å². The Kier molecular flexibility index (Phi) is 47.5. The van der Waals surface area contributed by atoms with Crippen LogP contribution in [-0.2, 0) is 28.6 Å². The number of nitrogens with zero attached hydrogens (tertiary/aromatic N) is 1. The highest BCUT2D eigenvalue weighted by Gasteiger charge is 2.31. The van der Waals surface area contributed by atoms with Crippen LogP contribution in [0.15, 0.2) is 0 Å². The van der Waals surface area contributed by atoms with Crippen LogP contribution < -0.4 is 0 Å². The topological polar surface area (TPSA) is 99.1 Å². The molecule has 2 unspecified atom stereocenters. The molecule has 0 aromatic rings. The minimum absolute atomic E-state index is 0.0410. The van der Waals surface area contributed by atoms with E-state index in [0.29, 0.717) is 19.3 Å². The molecule has 0 aromatic carbocycles. The van der Waals surface area contributed by atoms with Crippen molar-refractivity contribution in [2.45, 2.75) is 309 Å². The van der Waals surface area contributed by atoms with Crippen LogP contribution >= 0.6 is 0 Å². The van der Waals surface area contributed by atoms with E-state index in [9.17, 15) is 19.5 Å². The van der Waals surface area contributed by atoms with Crippen molar-refractivity contribution in [3.8, 4) is 0 Å². The number of hydrogen-bond acceptors (Lipinski definition) is 6. The lowest BCUT2D eigenvalue weighted by Crippen LogP contribution is -2.50. The summed E-state index contributed by atoms with van der Waals surface area (Å²) >= 11 is 0. The minimum Gasteiger partial charge on any atom is -0.477 e. The molecule has 0 spiro atoms. The highest BCUT2D eigenvalue weighted by atomic mass is 16.6. The average molecular weight is 924 g/mol. The van der Waals surface area contributed by atoms with Crippen molar-refractivity contribution in [2.75, 3.05) is 41.0 Å². The molecule has 0 saturated heterocycles. The zero-order valence-corrected chi connectivity index (χ0v) is 44.2. The highest BCUT2D eigenvalue weighted by Crippen LogP contribution is 2.18. The van der Waals surface area contributed by atoms with Gasteiger partial charge in [0.2, 0.25) is 0 Å². The fraction of sp³-hybridized carbons (Fsp3) is 0.947. The first-order valence-electron chi connectivity index (χ1n) is 28.6. The number of ether oxygens (including phenoxy) is 3. The number of hydrogen-bond donors (Lipinski definition) is 1. The second-order valence-corrected chi connectivity index (χ2v) is 20.9. The monoisotopic (exact) mass is 923 g/mol. The number of carboxylic acids is 1. The maximum absolute atomic E-state index is 12.8. The number of unbranched alkanes of at least 4 members (excludes halogenated alkanes) is 39. The summed E-state index contributed by atoms with van der Waals surface area (Å²) in [6.45, 7) is 4.81. The van der Waals surface area contributed by atoms with Gasteiger partial charge in [-0.05, 0) is 12.8 Å². The highest BCUT2D eigenvalue weighted by molar-refractivity contribution is 5.72. The molecule has 1 N–H and O–H groups in total. The van der Waals surface area contributed by atoms with Gasteiger partial charge in [0.15, 0.2) is 12.1 Å². The van der Waals surface area contributed by atoms with Gasteiger partial charge in [0.05, 0.1) is 34.4 Å². The Hall–Kier alpha value is -1.67. The smallest absolute Gasteiger partial charge is 0.362 e. The summed E-state index contributed by atoms with van der Waals surface area (Å²) in [5, 5.41) is 9.67. The molecule has 0 aliphatic heterocycles. The molecule has 0 rings (SSSR count).